The molecular weight excluding hydrogens is 725 g/mol. The summed E-state index contributed by atoms with van der Waals surface area (Å²) >= 11 is 0. The Morgan fingerprint density at radius 1 is 0.300 bits per heavy atom. The molecule has 0 atom stereocenters. The summed E-state index contributed by atoms with van der Waals surface area (Å²) in [6.45, 7) is 0. The third-order valence-electron chi connectivity index (χ3n) is 11.8. The molecule has 10 aromatic carbocycles. The molecule has 2 heteroatoms. The SMILES string of the molecule is c1ccc(-c2ccc(N(c3ccc(-c4cc(-c5ccccc5)c5ccccc5c4)cc3)c3ccccc3-c3cccc4c3c3ccccc3n4-c3ccccc3)cc2)cc1. The zero-order valence-corrected chi connectivity index (χ0v) is 33.0. The number of rotatable bonds is 8. The molecule has 0 unspecified atom stereocenters. The molecule has 11 rings (SSSR count). The van der Waals surface area contributed by atoms with E-state index in [9.17, 15) is 0 Å². The van der Waals surface area contributed by atoms with Gasteiger partial charge in [0.05, 0.1) is 16.7 Å². The van der Waals surface area contributed by atoms with Crippen molar-refractivity contribution in [1.29, 1.82) is 0 Å². The highest BCUT2D eigenvalue weighted by Gasteiger charge is 2.22. The van der Waals surface area contributed by atoms with Crippen molar-refractivity contribution in [3.63, 3.8) is 0 Å². The van der Waals surface area contributed by atoms with Gasteiger partial charge in [-0.05, 0) is 116 Å². The Bertz CT molecular complexity index is 3270. The zero-order valence-electron chi connectivity index (χ0n) is 33.0. The van der Waals surface area contributed by atoms with Crippen molar-refractivity contribution in [3.05, 3.63) is 243 Å². The Kier molecular flexibility index (Phi) is 8.87. The summed E-state index contributed by atoms with van der Waals surface area (Å²) in [5.74, 6) is 0. The topological polar surface area (TPSA) is 8.17 Å². The molecular formula is C58H40N2. The molecule has 0 amide bonds. The molecule has 0 aliphatic heterocycles. The molecule has 0 bridgehead atoms. The minimum Gasteiger partial charge on any atom is -0.310 e. The standard InChI is InChI=1S/C58H40N2/c1-4-17-41(18-5-1)42-31-35-48(36-32-42)59(49-37-33-43(34-38-49)46-39-45-21-10-11-24-50(45)54(40-46)44-19-6-2-7-20-44)55-28-14-12-25-51(55)52-27-16-30-57-58(52)53-26-13-15-29-56(53)60(57)47-22-8-3-9-23-47/h1-40H. The monoisotopic (exact) mass is 764 g/mol. The van der Waals surface area contributed by atoms with Crippen LogP contribution in [0.2, 0.25) is 0 Å². The van der Waals surface area contributed by atoms with Crippen molar-refractivity contribution in [3.8, 4) is 50.2 Å². The summed E-state index contributed by atoms with van der Waals surface area (Å²) in [4.78, 5) is 2.42. The van der Waals surface area contributed by atoms with Gasteiger partial charge < -0.3 is 9.47 Å². The number of anilines is 3. The van der Waals surface area contributed by atoms with E-state index >= 15 is 0 Å². The quantitative estimate of drug-likeness (QED) is 0.150. The van der Waals surface area contributed by atoms with E-state index in [0.717, 1.165) is 28.3 Å². The molecule has 1 heterocycles. The summed E-state index contributed by atoms with van der Waals surface area (Å²) < 4.78 is 2.39. The number of fused-ring (bicyclic) bond motifs is 4. The first-order valence-corrected chi connectivity index (χ1v) is 20.6. The first kappa shape index (κ1) is 35.2. The second-order valence-electron chi connectivity index (χ2n) is 15.3. The molecule has 282 valence electrons. The Labute approximate surface area is 350 Å². The van der Waals surface area contributed by atoms with Crippen LogP contribution in [0.3, 0.4) is 0 Å². The molecule has 11 aromatic rings. The van der Waals surface area contributed by atoms with E-state index in [1.165, 1.54) is 71.5 Å². The van der Waals surface area contributed by atoms with E-state index in [4.69, 9.17) is 0 Å². The highest BCUT2D eigenvalue weighted by Crippen LogP contribution is 2.46. The average molecular weight is 765 g/mol. The van der Waals surface area contributed by atoms with Crippen molar-refractivity contribution in [2.24, 2.45) is 0 Å². The summed E-state index contributed by atoms with van der Waals surface area (Å²) in [5, 5.41) is 4.96. The van der Waals surface area contributed by atoms with Crippen LogP contribution in [0, 0.1) is 0 Å². The zero-order chi connectivity index (χ0) is 39.8. The Hall–Kier alpha value is -7.94. The van der Waals surface area contributed by atoms with Crippen molar-refractivity contribution < 1.29 is 0 Å². The van der Waals surface area contributed by atoms with E-state index in [-0.39, 0.29) is 0 Å². The van der Waals surface area contributed by atoms with Crippen molar-refractivity contribution >= 4 is 49.6 Å². The van der Waals surface area contributed by atoms with Gasteiger partial charge in [0.15, 0.2) is 0 Å². The number of hydrogen-bond acceptors (Lipinski definition) is 1. The first-order chi connectivity index (χ1) is 29.8. The predicted octanol–water partition coefficient (Wildman–Crippen LogP) is 16.1. The van der Waals surface area contributed by atoms with Crippen LogP contribution in [0.1, 0.15) is 0 Å². The molecule has 1 aromatic heterocycles. The van der Waals surface area contributed by atoms with Crippen molar-refractivity contribution in [1.82, 2.24) is 4.57 Å². The van der Waals surface area contributed by atoms with E-state index in [0.29, 0.717) is 0 Å². The van der Waals surface area contributed by atoms with Gasteiger partial charge in [0.25, 0.3) is 0 Å². The lowest BCUT2D eigenvalue weighted by Gasteiger charge is -2.28. The number of nitrogens with zero attached hydrogens (tertiary/aromatic N) is 2. The van der Waals surface area contributed by atoms with Gasteiger partial charge in [-0.3, -0.25) is 0 Å². The molecule has 0 saturated heterocycles. The Morgan fingerprint density at radius 3 is 1.53 bits per heavy atom. The van der Waals surface area contributed by atoms with Crippen LogP contribution in [0.4, 0.5) is 17.1 Å². The lowest BCUT2D eigenvalue weighted by Crippen LogP contribution is -2.11. The number of benzene rings is 10. The maximum atomic E-state index is 2.42. The average Bonchev–Trinajstić information content (AvgIpc) is 3.67. The van der Waals surface area contributed by atoms with Crippen LogP contribution in [-0.2, 0) is 0 Å². The molecule has 2 nitrogen and oxygen atoms in total. The van der Waals surface area contributed by atoms with E-state index in [2.05, 4.69) is 252 Å². The number of para-hydroxylation sites is 3. The van der Waals surface area contributed by atoms with Crippen LogP contribution in [0.25, 0.3) is 82.8 Å². The van der Waals surface area contributed by atoms with Crippen LogP contribution < -0.4 is 4.90 Å². The molecule has 0 aliphatic rings. The molecule has 0 radical (unpaired) electrons. The van der Waals surface area contributed by atoms with Crippen molar-refractivity contribution in [2.75, 3.05) is 4.90 Å². The molecule has 0 saturated carbocycles. The fraction of sp³-hybridized carbons (Fsp3) is 0. The second-order valence-corrected chi connectivity index (χ2v) is 15.3. The van der Waals surface area contributed by atoms with Gasteiger partial charge in [-0.25, -0.2) is 0 Å². The minimum atomic E-state index is 1.08. The smallest absolute Gasteiger partial charge is 0.0547 e. The lowest BCUT2D eigenvalue weighted by molar-refractivity contribution is 1.18. The van der Waals surface area contributed by atoms with Crippen LogP contribution in [-0.4, -0.2) is 4.57 Å². The van der Waals surface area contributed by atoms with Crippen LogP contribution in [0.15, 0.2) is 243 Å². The molecule has 0 aliphatic carbocycles. The lowest BCUT2D eigenvalue weighted by atomic mass is 9.93. The summed E-state index contributed by atoms with van der Waals surface area (Å²) in [6, 6.07) is 87.8. The molecule has 0 fully saturated rings. The number of aromatic nitrogens is 1. The van der Waals surface area contributed by atoms with Gasteiger partial charge in [0, 0.05) is 33.4 Å². The fourth-order valence-electron chi connectivity index (χ4n) is 8.99. The summed E-state index contributed by atoms with van der Waals surface area (Å²) in [5.41, 5.74) is 16.4. The van der Waals surface area contributed by atoms with Gasteiger partial charge in [-0.15, -0.1) is 0 Å². The second kappa shape index (κ2) is 15.1. The molecule has 0 N–H and O–H groups in total. The van der Waals surface area contributed by atoms with Gasteiger partial charge >= 0.3 is 0 Å². The highest BCUT2D eigenvalue weighted by molar-refractivity contribution is 6.17. The third-order valence-corrected chi connectivity index (χ3v) is 11.8. The van der Waals surface area contributed by atoms with E-state index in [1.807, 2.05) is 0 Å². The first-order valence-electron chi connectivity index (χ1n) is 20.6. The number of hydrogen-bond donors (Lipinski definition) is 0. The van der Waals surface area contributed by atoms with Crippen LogP contribution >= 0.6 is 0 Å². The predicted molar refractivity (Wildman–Crippen MR) is 255 cm³/mol. The maximum absolute atomic E-state index is 2.42. The highest BCUT2D eigenvalue weighted by atomic mass is 15.1. The Morgan fingerprint density at radius 2 is 0.817 bits per heavy atom. The van der Waals surface area contributed by atoms with Gasteiger partial charge in [-0.2, -0.15) is 0 Å². The maximum Gasteiger partial charge on any atom is 0.0547 e. The van der Waals surface area contributed by atoms with E-state index < -0.39 is 0 Å². The molecule has 60 heavy (non-hydrogen) atoms. The van der Waals surface area contributed by atoms with Gasteiger partial charge in [0.2, 0.25) is 0 Å². The fourth-order valence-corrected chi connectivity index (χ4v) is 8.99. The Balaban J connectivity index is 1.08. The van der Waals surface area contributed by atoms with Crippen LogP contribution in [0.5, 0.6) is 0 Å². The van der Waals surface area contributed by atoms with Crippen molar-refractivity contribution in [2.45, 2.75) is 0 Å². The summed E-state index contributed by atoms with van der Waals surface area (Å²) in [6.07, 6.45) is 0. The van der Waals surface area contributed by atoms with Gasteiger partial charge in [-0.1, -0.05) is 176 Å². The van der Waals surface area contributed by atoms with E-state index in [1.54, 1.807) is 0 Å². The normalized spacial score (nSPS) is 11.3. The summed E-state index contributed by atoms with van der Waals surface area (Å²) in [7, 11) is 0. The van der Waals surface area contributed by atoms with Gasteiger partial charge in [0.1, 0.15) is 0 Å². The minimum absolute atomic E-state index is 1.08. The largest absolute Gasteiger partial charge is 0.310 e. The third kappa shape index (κ3) is 6.23. The molecule has 0 spiro atoms.